The number of nitrogens with one attached hydrogen (secondary N) is 1. The molecule has 1 saturated heterocycles. The third-order valence-electron chi connectivity index (χ3n) is 5.87. The molecule has 4 aromatic rings. The monoisotopic (exact) mass is 447 g/mol. The van der Waals surface area contributed by atoms with Crippen molar-refractivity contribution in [3.8, 4) is 11.4 Å². The first-order valence-corrected chi connectivity index (χ1v) is 12.5. The molecule has 5 rings (SSSR count). The van der Waals surface area contributed by atoms with E-state index in [0.717, 1.165) is 66.5 Å². The van der Waals surface area contributed by atoms with E-state index in [1.807, 2.05) is 30.5 Å². The molecule has 164 valence electrons. The van der Waals surface area contributed by atoms with Crippen molar-refractivity contribution in [3.05, 3.63) is 72.6 Å². The van der Waals surface area contributed by atoms with E-state index in [-0.39, 0.29) is 0 Å². The lowest BCUT2D eigenvalue weighted by Crippen LogP contribution is -2.46. The molecule has 32 heavy (non-hydrogen) atoms. The number of piperazine rings is 1. The number of fused-ring (bicyclic) bond motifs is 1. The molecule has 1 aliphatic heterocycles. The minimum absolute atomic E-state index is 0.307. The third-order valence-corrected chi connectivity index (χ3v) is 7.00. The van der Waals surface area contributed by atoms with Crippen LogP contribution in [-0.2, 0) is 16.4 Å². The first-order chi connectivity index (χ1) is 15.5. The first kappa shape index (κ1) is 20.7. The topological polar surface area (TPSA) is 82.2 Å². The molecular weight excluding hydrogens is 422 g/mol. The number of hydrogen-bond acceptors (Lipinski definition) is 6. The smallest absolute Gasteiger partial charge is 0.175 e. The van der Waals surface area contributed by atoms with Crippen molar-refractivity contribution in [3.63, 3.8) is 0 Å². The van der Waals surface area contributed by atoms with Crippen LogP contribution in [0.4, 0.5) is 5.69 Å². The standard InChI is InChI=1S/C24H25N5O2S/c1-32(30,31)20-10-8-18(9-11-20)24-26-21-6-4-7-22(23(21)27-24)29-15-13-28(14-16-29)17-19-5-2-3-12-25-19/h2-12H,13-17H2,1H3,(H,26,27). The number of hydrogen-bond donors (Lipinski definition) is 1. The number of anilines is 1. The zero-order chi connectivity index (χ0) is 22.1. The van der Waals surface area contributed by atoms with Crippen LogP contribution >= 0.6 is 0 Å². The largest absolute Gasteiger partial charge is 0.367 e. The molecule has 0 spiro atoms. The Bertz CT molecular complexity index is 1330. The van der Waals surface area contributed by atoms with E-state index in [2.05, 4.69) is 31.9 Å². The number of sulfone groups is 1. The Labute approximate surface area is 187 Å². The molecule has 0 atom stereocenters. The predicted octanol–water partition coefficient (Wildman–Crippen LogP) is 3.35. The number of H-pyrrole nitrogens is 1. The highest BCUT2D eigenvalue weighted by Crippen LogP contribution is 2.29. The van der Waals surface area contributed by atoms with Crippen LogP contribution in [0.1, 0.15) is 5.69 Å². The lowest BCUT2D eigenvalue weighted by Gasteiger charge is -2.36. The summed E-state index contributed by atoms with van der Waals surface area (Å²) in [6.45, 7) is 4.66. The number of para-hydroxylation sites is 1. The molecule has 8 heteroatoms. The van der Waals surface area contributed by atoms with Crippen molar-refractivity contribution >= 4 is 26.6 Å². The second-order valence-corrected chi connectivity index (χ2v) is 10.2. The SMILES string of the molecule is CS(=O)(=O)c1ccc(-c2nc3c(N4CCN(Cc5ccccn5)CC4)cccc3[nH]2)cc1. The van der Waals surface area contributed by atoms with Gasteiger partial charge in [-0.25, -0.2) is 13.4 Å². The van der Waals surface area contributed by atoms with Crippen LogP contribution in [-0.4, -0.2) is 60.7 Å². The summed E-state index contributed by atoms with van der Waals surface area (Å²) in [5.41, 5.74) is 4.99. The van der Waals surface area contributed by atoms with Crippen LogP contribution in [0.2, 0.25) is 0 Å². The van der Waals surface area contributed by atoms with Gasteiger partial charge in [0.25, 0.3) is 0 Å². The Morgan fingerprint density at radius 2 is 1.72 bits per heavy atom. The number of aromatic nitrogens is 3. The number of aromatic amines is 1. The van der Waals surface area contributed by atoms with E-state index >= 15 is 0 Å². The van der Waals surface area contributed by atoms with Gasteiger partial charge in [0.1, 0.15) is 11.3 Å². The number of rotatable bonds is 5. The molecule has 7 nitrogen and oxygen atoms in total. The molecule has 1 N–H and O–H groups in total. The van der Waals surface area contributed by atoms with Crippen LogP contribution < -0.4 is 4.90 Å². The molecule has 0 aliphatic carbocycles. The summed E-state index contributed by atoms with van der Waals surface area (Å²) in [7, 11) is -3.22. The Balaban J connectivity index is 1.35. The quantitative estimate of drug-likeness (QED) is 0.505. The zero-order valence-corrected chi connectivity index (χ0v) is 18.7. The van der Waals surface area contributed by atoms with Crippen LogP contribution in [0.15, 0.2) is 71.8 Å². The van der Waals surface area contributed by atoms with Crippen molar-refractivity contribution in [1.82, 2.24) is 19.9 Å². The van der Waals surface area contributed by atoms with Gasteiger partial charge in [0.05, 0.1) is 21.8 Å². The minimum atomic E-state index is -3.22. The highest BCUT2D eigenvalue weighted by molar-refractivity contribution is 7.90. The minimum Gasteiger partial charge on any atom is -0.367 e. The van der Waals surface area contributed by atoms with Gasteiger partial charge in [-0.1, -0.05) is 12.1 Å². The van der Waals surface area contributed by atoms with Crippen molar-refractivity contribution in [2.24, 2.45) is 0 Å². The van der Waals surface area contributed by atoms with E-state index in [1.54, 1.807) is 24.3 Å². The molecule has 0 saturated carbocycles. The van der Waals surface area contributed by atoms with Gasteiger partial charge >= 0.3 is 0 Å². The summed E-state index contributed by atoms with van der Waals surface area (Å²) < 4.78 is 23.5. The van der Waals surface area contributed by atoms with Gasteiger partial charge in [-0.15, -0.1) is 0 Å². The molecule has 3 heterocycles. The molecule has 2 aromatic carbocycles. The van der Waals surface area contributed by atoms with Gasteiger partial charge < -0.3 is 9.88 Å². The molecule has 2 aromatic heterocycles. The molecule has 0 bridgehead atoms. The van der Waals surface area contributed by atoms with Crippen LogP contribution in [0, 0.1) is 0 Å². The molecule has 0 unspecified atom stereocenters. The zero-order valence-electron chi connectivity index (χ0n) is 17.9. The maximum atomic E-state index is 11.7. The van der Waals surface area contributed by atoms with Crippen molar-refractivity contribution < 1.29 is 8.42 Å². The number of imidazole rings is 1. The van der Waals surface area contributed by atoms with E-state index < -0.39 is 9.84 Å². The summed E-state index contributed by atoms with van der Waals surface area (Å²) >= 11 is 0. The van der Waals surface area contributed by atoms with Crippen LogP contribution in [0.3, 0.4) is 0 Å². The molecule has 0 amide bonds. The number of pyridine rings is 1. The Morgan fingerprint density at radius 1 is 0.938 bits per heavy atom. The van der Waals surface area contributed by atoms with Crippen LogP contribution in [0.25, 0.3) is 22.4 Å². The van der Waals surface area contributed by atoms with Gasteiger partial charge in [-0.2, -0.15) is 0 Å². The fraction of sp³-hybridized carbons (Fsp3) is 0.250. The second kappa shape index (κ2) is 8.37. The first-order valence-electron chi connectivity index (χ1n) is 10.6. The van der Waals surface area contributed by atoms with E-state index in [0.29, 0.717) is 4.90 Å². The van der Waals surface area contributed by atoms with E-state index in [4.69, 9.17) is 4.98 Å². The van der Waals surface area contributed by atoms with Gasteiger partial charge in [0.15, 0.2) is 9.84 Å². The lowest BCUT2D eigenvalue weighted by molar-refractivity contribution is 0.247. The van der Waals surface area contributed by atoms with Crippen molar-refractivity contribution in [1.29, 1.82) is 0 Å². The summed E-state index contributed by atoms with van der Waals surface area (Å²) in [6, 6.07) is 19.1. The second-order valence-electron chi connectivity index (χ2n) is 8.14. The highest BCUT2D eigenvalue weighted by Gasteiger charge is 2.20. The third kappa shape index (κ3) is 4.24. The number of nitrogens with zero attached hydrogens (tertiary/aromatic N) is 4. The Hall–Kier alpha value is -3.23. The van der Waals surface area contributed by atoms with Gasteiger partial charge in [0, 0.05) is 50.7 Å². The highest BCUT2D eigenvalue weighted by atomic mass is 32.2. The Kier molecular flexibility index (Phi) is 5.40. The Morgan fingerprint density at radius 3 is 2.41 bits per heavy atom. The molecule has 0 radical (unpaired) electrons. The summed E-state index contributed by atoms with van der Waals surface area (Å²) in [5, 5.41) is 0. The fourth-order valence-electron chi connectivity index (χ4n) is 4.14. The molecule has 1 aliphatic rings. The predicted molar refractivity (Wildman–Crippen MR) is 126 cm³/mol. The average Bonchev–Trinajstić information content (AvgIpc) is 3.24. The average molecular weight is 448 g/mol. The fourth-order valence-corrected chi connectivity index (χ4v) is 4.77. The summed E-state index contributed by atoms with van der Waals surface area (Å²) in [6.07, 6.45) is 3.06. The normalized spacial score (nSPS) is 15.3. The number of benzene rings is 2. The summed E-state index contributed by atoms with van der Waals surface area (Å²) in [4.78, 5) is 17.8. The molecule has 1 fully saturated rings. The lowest BCUT2D eigenvalue weighted by atomic mass is 10.2. The van der Waals surface area contributed by atoms with Crippen molar-refractivity contribution in [2.45, 2.75) is 11.4 Å². The summed E-state index contributed by atoms with van der Waals surface area (Å²) in [5.74, 6) is 0.737. The maximum absolute atomic E-state index is 11.7. The van der Waals surface area contributed by atoms with Gasteiger partial charge in [-0.3, -0.25) is 9.88 Å². The van der Waals surface area contributed by atoms with E-state index in [1.165, 1.54) is 6.26 Å². The molecular formula is C24H25N5O2S. The van der Waals surface area contributed by atoms with Crippen molar-refractivity contribution in [2.75, 3.05) is 37.3 Å². The van der Waals surface area contributed by atoms with Gasteiger partial charge in [0.2, 0.25) is 0 Å². The van der Waals surface area contributed by atoms with E-state index in [9.17, 15) is 8.42 Å². The van der Waals surface area contributed by atoms with Crippen LogP contribution in [0.5, 0.6) is 0 Å². The maximum Gasteiger partial charge on any atom is 0.175 e. The van der Waals surface area contributed by atoms with Gasteiger partial charge in [-0.05, 0) is 48.5 Å².